The molecule has 6 nitrogen and oxygen atoms in total. The van der Waals surface area contributed by atoms with Gasteiger partial charge in [0, 0.05) is 7.11 Å². The molecule has 0 radical (unpaired) electrons. The highest BCUT2D eigenvalue weighted by atomic mass is 28.4. The van der Waals surface area contributed by atoms with Crippen molar-refractivity contribution in [2.45, 2.75) is 147 Å². The van der Waals surface area contributed by atoms with E-state index in [2.05, 4.69) is 102 Å². The first-order valence-electron chi connectivity index (χ1n) is 12.7. The van der Waals surface area contributed by atoms with Gasteiger partial charge in [0.1, 0.15) is 24.4 Å². The van der Waals surface area contributed by atoms with Crippen LogP contribution >= 0.6 is 0 Å². The van der Waals surface area contributed by atoms with Crippen molar-refractivity contribution in [3.8, 4) is 0 Å². The molecule has 0 aliphatic carbocycles. The topological polar surface area (TPSA) is 66.4 Å². The van der Waals surface area contributed by atoms with Crippen LogP contribution < -0.4 is 0 Å². The zero-order chi connectivity index (χ0) is 27.1. The number of ether oxygens (including phenoxy) is 2. The molecule has 0 unspecified atom stereocenters. The van der Waals surface area contributed by atoms with Gasteiger partial charge in [-0.2, -0.15) is 0 Å². The highest BCUT2D eigenvalue weighted by Crippen LogP contribution is 2.43. The van der Waals surface area contributed by atoms with Gasteiger partial charge in [-0.3, -0.25) is 0 Å². The number of aliphatic hydroxyl groups excluding tert-OH is 1. The van der Waals surface area contributed by atoms with Crippen molar-refractivity contribution in [3.63, 3.8) is 0 Å². The molecular weight excluding hydrogens is 481 g/mol. The summed E-state index contributed by atoms with van der Waals surface area (Å²) in [5.74, 6) is 0. The molecule has 1 heterocycles. The lowest BCUT2D eigenvalue weighted by molar-refractivity contribution is -0.287. The SMILES string of the molecule is CO[C@H]1O[C@H](CO[Si](C)(C)C(C)(C)C)[C@H](O[Si](C)(C)C(C)(C)C)[C@H](O)[C@H]1O[Si](C)(C)C(C)(C)C. The number of rotatable bonds is 8. The maximum absolute atomic E-state index is 11.7. The van der Waals surface area contributed by atoms with Crippen molar-refractivity contribution in [2.24, 2.45) is 0 Å². The van der Waals surface area contributed by atoms with Crippen LogP contribution in [0.25, 0.3) is 0 Å². The second-order valence-electron chi connectivity index (χ2n) is 14.5. The van der Waals surface area contributed by atoms with Crippen LogP contribution in [-0.4, -0.2) is 74.5 Å². The van der Waals surface area contributed by atoms with Crippen molar-refractivity contribution in [1.82, 2.24) is 0 Å². The highest BCUT2D eigenvalue weighted by molar-refractivity contribution is 6.75. The summed E-state index contributed by atoms with van der Waals surface area (Å²) in [6, 6.07) is 0. The van der Waals surface area contributed by atoms with Crippen molar-refractivity contribution >= 4 is 25.0 Å². The first kappa shape index (κ1) is 32.4. The summed E-state index contributed by atoms with van der Waals surface area (Å²) < 4.78 is 32.2. The Balaban J connectivity index is 3.35. The summed E-state index contributed by atoms with van der Waals surface area (Å²) >= 11 is 0. The molecular formula is C25H56O6Si3. The van der Waals surface area contributed by atoms with Gasteiger partial charge < -0.3 is 27.9 Å². The summed E-state index contributed by atoms with van der Waals surface area (Å²) in [4.78, 5) is 0. The predicted octanol–water partition coefficient (Wildman–Crippen LogP) is 6.52. The quantitative estimate of drug-likeness (QED) is 0.356. The Hall–Kier alpha value is 0.411. The lowest BCUT2D eigenvalue weighted by Crippen LogP contribution is -2.66. The molecule has 0 spiro atoms. The van der Waals surface area contributed by atoms with E-state index < -0.39 is 55.7 Å². The average Bonchev–Trinajstić information content (AvgIpc) is 2.61. The molecule has 9 heteroatoms. The summed E-state index contributed by atoms with van der Waals surface area (Å²) in [5, 5.41) is 11.8. The zero-order valence-corrected chi connectivity index (χ0v) is 28.1. The summed E-state index contributed by atoms with van der Waals surface area (Å²) in [7, 11) is -4.82. The maximum Gasteiger partial charge on any atom is 0.192 e. The van der Waals surface area contributed by atoms with Crippen molar-refractivity contribution < 1.29 is 27.9 Å². The van der Waals surface area contributed by atoms with Crippen LogP contribution in [0.1, 0.15) is 62.3 Å². The largest absolute Gasteiger partial charge is 0.414 e. The molecule has 0 amide bonds. The Bertz CT molecular complexity index is 659. The Morgan fingerprint density at radius 3 is 1.41 bits per heavy atom. The number of aliphatic hydroxyl groups is 1. The third-order valence-corrected chi connectivity index (χ3v) is 22.2. The zero-order valence-electron chi connectivity index (χ0n) is 25.1. The molecule has 1 aliphatic heterocycles. The second kappa shape index (κ2) is 10.6. The average molecular weight is 537 g/mol. The normalized spacial score (nSPS) is 28.3. The van der Waals surface area contributed by atoms with Gasteiger partial charge in [0.25, 0.3) is 0 Å². The van der Waals surface area contributed by atoms with E-state index in [4.69, 9.17) is 22.8 Å². The molecule has 0 aromatic rings. The standard InChI is InChI=1S/C25H56O6Si3/c1-23(2,3)32(11,12)28-17-18-20(30-33(13,14)24(4,5)6)19(26)21(22(27-10)29-18)31-34(15,16)25(7,8)9/h18-22,26H,17H2,1-16H3/t18-,19+,20+,21-,22+/m1/s1. The van der Waals surface area contributed by atoms with E-state index in [9.17, 15) is 5.11 Å². The molecule has 0 saturated carbocycles. The molecule has 0 aromatic heterocycles. The second-order valence-corrected chi connectivity index (χ2v) is 28.8. The van der Waals surface area contributed by atoms with Crippen molar-refractivity contribution in [3.05, 3.63) is 0 Å². The molecule has 1 N–H and O–H groups in total. The fourth-order valence-electron chi connectivity index (χ4n) is 3.03. The third kappa shape index (κ3) is 7.47. The van der Waals surface area contributed by atoms with E-state index in [1.807, 2.05) is 0 Å². The van der Waals surface area contributed by atoms with E-state index in [0.717, 1.165) is 0 Å². The fourth-order valence-corrected chi connectivity index (χ4v) is 6.65. The van der Waals surface area contributed by atoms with E-state index in [0.29, 0.717) is 6.61 Å². The molecule has 1 rings (SSSR count). The Kier molecular flexibility index (Phi) is 10.2. The van der Waals surface area contributed by atoms with Crippen LogP contribution in [-0.2, 0) is 22.8 Å². The van der Waals surface area contributed by atoms with Gasteiger partial charge in [-0.15, -0.1) is 0 Å². The molecule has 5 atom stereocenters. The van der Waals surface area contributed by atoms with E-state index in [1.54, 1.807) is 7.11 Å². The van der Waals surface area contributed by atoms with Crippen LogP contribution in [0.3, 0.4) is 0 Å². The number of hydrogen-bond acceptors (Lipinski definition) is 6. The van der Waals surface area contributed by atoms with E-state index >= 15 is 0 Å². The summed E-state index contributed by atoms with van der Waals surface area (Å²) in [6.07, 6.45) is -3.18. The van der Waals surface area contributed by atoms with Crippen molar-refractivity contribution in [2.75, 3.05) is 13.7 Å². The lowest BCUT2D eigenvalue weighted by atomic mass is 9.99. The van der Waals surface area contributed by atoms with Crippen LogP contribution in [0.5, 0.6) is 0 Å². The monoisotopic (exact) mass is 536 g/mol. The van der Waals surface area contributed by atoms with Gasteiger partial charge in [0.05, 0.1) is 6.61 Å². The Labute approximate surface area is 213 Å². The highest BCUT2D eigenvalue weighted by Gasteiger charge is 2.53. The van der Waals surface area contributed by atoms with Crippen molar-refractivity contribution in [1.29, 1.82) is 0 Å². The minimum absolute atomic E-state index is 0.00849. The summed E-state index contributed by atoms with van der Waals surface area (Å²) in [5.41, 5.74) is 0. The van der Waals surface area contributed by atoms with Crippen LogP contribution in [0.15, 0.2) is 0 Å². The molecule has 1 aliphatic rings. The van der Waals surface area contributed by atoms with Gasteiger partial charge in [-0.25, -0.2) is 0 Å². The predicted molar refractivity (Wildman–Crippen MR) is 149 cm³/mol. The van der Waals surface area contributed by atoms with Gasteiger partial charge >= 0.3 is 0 Å². The first-order valence-corrected chi connectivity index (χ1v) is 21.5. The third-order valence-electron chi connectivity index (χ3n) is 8.74. The van der Waals surface area contributed by atoms with E-state index in [-0.39, 0.29) is 15.1 Å². The lowest BCUT2D eigenvalue weighted by Gasteiger charge is -2.51. The first-order chi connectivity index (χ1) is 14.9. The Morgan fingerprint density at radius 2 is 1.06 bits per heavy atom. The van der Waals surface area contributed by atoms with Gasteiger partial charge in [-0.1, -0.05) is 62.3 Å². The molecule has 34 heavy (non-hydrogen) atoms. The Morgan fingerprint density at radius 1 is 0.676 bits per heavy atom. The number of hydrogen-bond donors (Lipinski definition) is 1. The molecule has 1 saturated heterocycles. The van der Waals surface area contributed by atoms with Gasteiger partial charge in [0.2, 0.25) is 0 Å². The maximum atomic E-state index is 11.7. The summed E-state index contributed by atoms with van der Waals surface area (Å²) in [6.45, 7) is 33.5. The van der Waals surface area contributed by atoms with Gasteiger partial charge in [-0.05, 0) is 54.4 Å². The minimum atomic E-state index is -2.21. The minimum Gasteiger partial charge on any atom is -0.414 e. The van der Waals surface area contributed by atoms with Crippen LogP contribution in [0, 0.1) is 0 Å². The van der Waals surface area contributed by atoms with Crippen LogP contribution in [0.2, 0.25) is 54.4 Å². The molecule has 204 valence electrons. The van der Waals surface area contributed by atoms with E-state index in [1.165, 1.54) is 0 Å². The fraction of sp³-hybridized carbons (Fsp3) is 1.00. The molecule has 0 aromatic carbocycles. The number of methoxy groups -OCH3 is 1. The van der Waals surface area contributed by atoms with Crippen LogP contribution in [0.4, 0.5) is 0 Å². The molecule has 1 fully saturated rings. The smallest absolute Gasteiger partial charge is 0.192 e. The molecule has 0 bridgehead atoms. The van der Waals surface area contributed by atoms with Gasteiger partial charge in [0.15, 0.2) is 31.2 Å².